The molecule has 1 unspecified atom stereocenters. The number of carbonyl (C=O) groups excluding carboxylic acids is 2. The zero-order valence-corrected chi connectivity index (χ0v) is 28.3. The number of aliphatic hydroxyl groups is 1. The number of carbonyl (C=O) groups is 2. The molecular weight excluding hydrogens is 626 g/mol. The Bertz CT molecular complexity index is 2150. The minimum Gasteiger partial charge on any atom is -0.494 e. The highest BCUT2D eigenvalue weighted by molar-refractivity contribution is 6.04. The highest BCUT2D eigenvalue weighted by Crippen LogP contribution is 2.30. The largest absolute Gasteiger partial charge is 0.494 e. The number of amides is 2. The van der Waals surface area contributed by atoms with Gasteiger partial charge in [-0.25, -0.2) is 9.97 Å². The lowest BCUT2D eigenvalue weighted by atomic mass is 10.2. The topological polar surface area (TPSA) is 185 Å². The molecule has 6 rings (SSSR count). The second-order valence-corrected chi connectivity index (χ2v) is 11.8. The molecule has 0 aliphatic rings. The fourth-order valence-corrected chi connectivity index (χ4v) is 6.09. The first-order valence-electron chi connectivity index (χ1n) is 16.3. The SMILES string of the molecule is CCn1nc(C)cc1C(=O)Nc1nc2cc(C(N)O)ccc2n1CCCCn1c(NC(=O)c2cc(C)nn2CC)nc2cccc(OC)c21. The standard InChI is InChI=1S/C34H41N11O4/c1-6-44-26(17-20(3)40-44)31(47)38-33-37-24-19-22(30(35)46)13-14-25(24)42(33)15-8-9-16-43-29-23(11-10-12-28(29)49-5)36-34(43)39-32(48)27-18-21(4)41-45(27)7-2/h10-14,17-19,30,46H,6-9,15-16,35H2,1-5H3,(H,36,39,48)(H,37,38,47). The molecular formula is C34H41N11O4. The van der Waals surface area contributed by atoms with Crippen molar-refractivity contribution < 1.29 is 19.4 Å². The van der Waals surface area contributed by atoms with Gasteiger partial charge < -0.3 is 24.7 Å². The average Bonchev–Trinajstić information content (AvgIpc) is 3.84. The second-order valence-electron chi connectivity index (χ2n) is 11.8. The molecule has 15 nitrogen and oxygen atoms in total. The van der Waals surface area contributed by atoms with Crippen LogP contribution in [-0.2, 0) is 26.2 Å². The Morgan fingerprint density at radius 3 is 1.98 bits per heavy atom. The normalized spacial score (nSPS) is 12.1. The van der Waals surface area contributed by atoms with E-state index >= 15 is 0 Å². The highest BCUT2D eigenvalue weighted by atomic mass is 16.5. The number of nitrogens with one attached hydrogen (secondary N) is 2. The average molecular weight is 668 g/mol. The summed E-state index contributed by atoms with van der Waals surface area (Å²) < 4.78 is 12.9. The van der Waals surface area contributed by atoms with Gasteiger partial charge in [0.2, 0.25) is 11.9 Å². The van der Waals surface area contributed by atoms with Crippen LogP contribution in [0.1, 0.15) is 70.8 Å². The molecule has 0 aliphatic carbocycles. The van der Waals surface area contributed by atoms with Gasteiger partial charge in [0.1, 0.15) is 28.9 Å². The number of aliphatic hydroxyl groups excluding tert-OH is 1. The zero-order valence-electron chi connectivity index (χ0n) is 28.3. The number of hydrogen-bond acceptors (Lipinski definition) is 9. The number of aryl methyl sites for hydroxylation is 6. The van der Waals surface area contributed by atoms with Crippen molar-refractivity contribution in [3.63, 3.8) is 0 Å². The lowest BCUT2D eigenvalue weighted by Crippen LogP contribution is -2.20. The Morgan fingerprint density at radius 1 is 0.837 bits per heavy atom. The lowest BCUT2D eigenvalue weighted by molar-refractivity contribution is 0.100. The molecule has 2 amide bonds. The van der Waals surface area contributed by atoms with E-state index in [1.165, 1.54) is 0 Å². The van der Waals surface area contributed by atoms with E-state index in [2.05, 4.69) is 20.8 Å². The van der Waals surface area contributed by atoms with Crippen molar-refractivity contribution in [2.45, 2.75) is 72.9 Å². The lowest BCUT2D eigenvalue weighted by Gasteiger charge is -2.14. The fourth-order valence-electron chi connectivity index (χ4n) is 6.09. The van der Waals surface area contributed by atoms with E-state index in [1.54, 1.807) is 40.7 Å². The number of rotatable bonds is 13. The van der Waals surface area contributed by atoms with Crippen molar-refractivity contribution in [1.82, 2.24) is 38.7 Å². The summed E-state index contributed by atoms with van der Waals surface area (Å²) >= 11 is 0. The van der Waals surface area contributed by atoms with Crippen LogP contribution in [0.5, 0.6) is 5.75 Å². The van der Waals surface area contributed by atoms with Crippen molar-refractivity contribution in [3.8, 4) is 5.75 Å². The summed E-state index contributed by atoms with van der Waals surface area (Å²) in [4.78, 5) is 36.3. The maximum absolute atomic E-state index is 13.4. The minimum atomic E-state index is -1.15. The van der Waals surface area contributed by atoms with Gasteiger partial charge in [0, 0.05) is 26.2 Å². The molecule has 0 saturated carbocycles. The van der Waals surface area contributed by atoms with E-state index in [4.69, 9.17) is 20.4 Å². The van der Waals surface area contributed by atoms with Crippen molar-refractivity contribution >= 4 is 45.8 Å². The second kappa shape index (κ2) is 13.9. The summed E-state index contributed by atoms with van der Waals surface area (Å²) in [5, 5.41) is 24.8. The number of fused-ring (bicyclic) bond motifs is 2. The Kier molecular flexibility index (Phi) is 9.47. The number of anilines is 2. The molecule has 2 aromatic carbocycles. The molecule has 0 bridgehead atoms. The smallest absolute Gasteiger partial charge is 0.276 e. The van der Waals surface area contributed by atoms with Gasteiger partial charge in [0.25, 0.3) is 11.8 Å². The van der Waals surface area contributed by atoms with Crippen LogP contribution >= 0.6 is 0 Å². The first-order valence-corrected chi connectivity index (χ1v) is 16.3. The van der Waals surface area contributed by atoms with Crippen LogP contribution in [-0.4, -0.2) is 62.7 Å². The highest BCUT2D eigenvalue weighted by Gasteiger charge is 2.21. The van der Waals surface area contributed by atoms with Crippen molar-refractivity contribution in [3.05, 3.63) is 76.9 Å². The Hall–Kier alpha value is -5.54. The molecule has 6 aromatic rings. The third kappa shape index (κ3) is 6.62. The number of imidazole rings is 2. The van der Waals surface area contributed by atoms with E-state index in [0.717, 1.165) is 22.4 Å². The molecule has 256 valence electrons. The van der Waals surface area contributed by atoms with Crippen LogP contribution in [0.4, 0.5) is 11.9 Å². The fraction of sp³-hybridized carbons (Fsp3) is 0.353. The predicted octanol–water partition coefficient (Wildman–Crippen LogP) is 4.38. The maximum Gasteiger partial charge on any atom is 0.276 e. The zero-order chi connectivity index (χ0) is 34.8. The van der Waals surface area contributed by atoms with Crippen LogP contribution in [0.25, 0.3) is 22.1 Å². The molecule has 15 heteroatoms. The van der Waals surface area contributed by atoms with Crippen molar-refractivity contribution in [2.24, 2.45) is 5.73 Å². The minimum absolute atomic E-state index is 0.301. The number of ether oxygens (including phenoxy) is 1. The van der Waals surface area contributed by atoms with Gasteiger partial charge in [-0.3, -0.25) is 29.6 Å². The van der Waals surface area contributed by atoms with Gasteiger partial charge in [-0.1, -0.05) is 12.1 Å². The number of hydrogen-bond donors (Lipinski definition) is 4. The summed E-state index contributed by atoms with van der Waals surface area (Å²) in [5.74, 6) is 0.795. The third-order valence-corrected chi connectivity index (χ3v) is 8.40. The third-order valence-electron chi connectivity index (χ3n) is 8.40. The first kappa shape index (κ1) is 33.4. The van der Waals surface area contributed by atoms with Crippen LogP contribution in [0.3, 0.4) is 0 Å². The molecule has 4 aromatic heterocycles. The summed E-state index contributed by atoms with van der Waals surface area (Å²) in [7, 11) is 1.61. The molecule has 0 aliphatic heterocycles. The predicted molar refractivity (Wildman–Crippen MR) is 186 cm³/mol. The monoisotopic (exact) mass is 667 g/mol. The number of unbranched alkanes of at least 4 members (excludes halogenated alkanes) is 1. The van der Waals surface area contributed by atoms with Crippen LogP contribution < -0.4 is 21.1 Å². The Balaban J connectivity index is 1.27. The molecule has 0 radical (unpaired) electrons. The van der Waals surface area contributed by atoms with E-state index < -0.39 is 6.23 Å². The quantitative estimate of drug-likeness (QED) is 0.103. The number of nitrogens with two attached hydrogens (primary N) is 1. The van der Waals surface area contributed by atoms with Gasteiger partial charge >= 0.3 is 0 Å². The summed E-state index contributed by atoms with van der Waals surface area (Å²) in [6.07, 6.45) is 0.219. The van der Waals surface area contributed by atoms with Gasteiger partial charge in [0.05, 0.1) is 35.0 Å². The number of nitrogens with zero attached hydrogens (tertiary/aromatic N) is 8. The van der Waals surface area contributed by atoms with Gasteiger partial charge in [-0.15, -0.1) is 0 Å². The molecule has 1 atom stereocenters. The van der Waals surface area contributed by atoms with Gasteiger partial charge in [-0.2, -0.15) is 10.2 Å². The van der Waals surface area contributed by atoms with Crippen LogP contribution in [0.15, 0.2) is 48.5 Å². The van der Waals surface area contributed by atoms with E-state index in [0.29, 0.717) is 84.7 Å². The van der Waals surface area contributed by atoms with Gasteiger partial charge in [0.15, 0.2) is 0 Å². The Morgan fingerprint density at radius 2 is 1.41 bits per heavy atom. The molecule has 5 N–H and O–H groups in total. The van der Waals surface area contributed by atoms with Crippen LogP contribution in [0.2, 0.25) is 0 Å². The molecule has 0 spiro atoms. The van der Waals surface area contributed by atoms with Gasteiger partial charge in [-0.05, 0) is 82.5 Å². The summed E-state index contributed by atoms with van der Waals surface area (Å²) in [6.45, 7) is 9.69. The number of aromatic nitrogens is 8. The maximum atomic E-state index is 13.4. The number of methoxy groups -OCH3 is 1. The van der Waals surface area contributed by atoms with Crippen molar-refractivity contribution in [2.75, 3.05) is 17.7 Å². The van der Waals surface area contributed by atoms with E-state index in [-0.39, 0.29) is 11.8 Å². The van der Waals surface area contributed by atoms with Crippen LogP contribution in [0, 0.1) is 13.8 Å². The number of benzene rings is 2. The molecule has 49 heavy (non-hydrogen) atoms. The van der Waals surface area contributed by atoms with E-state index in [9.17, 15) is 14.7 Å². The Labute approximate surface area is 282 Å². The molecule has 4 heterocycles. The number of para-hydroxylation sites is 1. The molecule has 0 saturated heterocycles. The first-order chi connectivity index (χ1) is 23.6. The van der Waals surface area contributed by atoms with Crippen molar-refractivity contribution in [1.29, 1.82) is 0 Å². The summed E-state index contributed by atoms with van der Waals surface area (Å²) in [6, 6.07) is 14.4. The summed E-state index contributed by atoms with van der Waals surface area (Å²) in [5.41, 5.74) is 11.5. The molecule has 0 fully saturated rings. The van der Waals surface area contributed by atoms with E-state index in [1.807, 2.05) is 61.1 Å².